The number of hydrogen-bond donors (Lipinski definition) is 2. The number of aliphatic carboxylic acids is 1. The summed E-state index contributed by atoms with van der Waals surface area (Å²) in [6, 6.07) is 16.9. The fourth-order valence-corrected chi connectivity index (χ4v) is 3.29. The maximum absolute atomic E-state index is 11.2. The van der Waals surface area contributed by atoms with Crippen molar-refractivity contribution in [2.75, 3.05) is 0 Å². The van der Waals surface area contributed by atoms with Gasteiger partial charge in [-0.3, -0.25) is 4.79 Å². The van der Waals surface area contributed by atoms with Crippen molar-refractivity contribution >= 4 is 17.7 Å². The van der Waals surface area contributed by atoms with Gasteiger partial charge in [0.25, 0.3) is 0 Å². The lowest BCUT2D eigenvalue weighted by molar-refractivity contribution is -0.138. The number of nitrogens with two attached hydrogens (primary N) is 1. The normalized spacial score (nSPS) is 13.6. The van der Waals surface area contributed by atoms with Crippen molar-refractivity contribution in [2.45, 2.75) is 24.0 Å². The van der Waals surface area contributed by atoms with Gasteiger partial charge in [0.15, 0.2) is 0 Å². The van der Waals surface area contributed by atoms with Crippen molar-refractivity contribution in [1.29, 1.82) is 0 Å². The van der Waals surface area contributed by atoms with Crippen LogP contribution in [0.25, 0.3) is 0 Å². The van der Waals surface area contributed by atoms with Crippen LogP contribution in [-0.2, 0) is 10.5 Å². The van der Waals surface area contributed by atoms with Crippen LogP contribution in [0, 0.1) is 6.92 Å². The highest BCUT2D eigenvalue weighted by Crippen LogP contribution is 2.34. The van der Waals surface area contributed by atoms with E-state index in [1.54, 1.807) is 11.8 Å². The number of hydrogen-bond acceptors (Lipinski definition) is 3. The van der Waals surface area contributed by atoms with Crippen LogP contribution in [0.3, 0.4) is 0 Å². The second kappa shape index (κ2) is 7.29. The minimum absolute atomic E-state index is 0.259. The molecule has 2 rings (SSSR count). The van der Waals surface area contributed by atoms with Crippen LogP contribution >= 0.6 is 11.8 Å². The molecule has 0 aliphatic rings. The van der Waals surface area contributed by atoms with Crippen LogP contribution < -0.4 is 5.73 Å². The molecule has 0 heterocycles. The van der Waals surface area contributed by atoms with Crippen molar-refractivity contribution < 1.29 is 9.90 Å². The van der Waals surface area contributed by atoms with E-state index in [-0.39, 0.29) is 5.25 Å². The van der Waals surface area contributed by atoms with Crippen molar-refractivity contribution in [2.24, 2.45) is 5.73 Å². The molecule has 0 radical (unpaired) electrons. The van der Waals surface area contributed by atoms with Crippen molar-refractivity contribution in [3.63, 3.8) is 0 Å². The third-order valence-electron chi connectivity index (χ3n) is 3.29. The average Bonchev–Trinajstić information content (AvgIpc) is 2.50. The van der Waals surface area contributed by atoms with Crippen molar-refractivity contribution in [3.05, 3.63) is 71.3 Å². The third kappa shape index (κ3) is 4.34. The highest BCUT2D eigenvalue weighted by Gasteiger charge is 2.26. The molecule has 21 heavy (non-hydrogen) atoms. The minimum atomic E-state index is -0.972. The first-order chi connectivity index (χ1) is 10.1. The van der Waals surface area contributed by atoms with Gasteiger partial charge in [-0.15, -0.1) is 11.8 Å². The van der Waals surface area contributed by atoms with E-state index >= 15 is 0 Å². The zero-order valence-corrected chi connectivity index (χ0v) is 12.7. The first-order valence-corrected chi connectivity index (χ1v) is 7.83. The molecule has 0 aliphatic heterocycles. The number of carboxylic acid groups (broad SMARTS) is 1. The van der Waals surface area contributed by atoms with Crippen molar-refractivity contribution in [1.82, 2.24) is 0 Å². The largest absolute Gasteiger partial charge is 0.480 e. The van der Waals surface area contributed by atoms with Gasteiger partial charge in [0.1, 0.15) is 6.04 Å². The van der Waals surface area contributed by atoms with Gasteiger partial charge in [-0.2, -0.15) is 0 Å². The van der Waals surface area contributed by atoms with Gasteiger partial charge in [-0.05, 0) is 18.1 Å². The average molecular weight is 301 g/mol. The quantitative estimate of drug-likeness (QED) is 0.858. The summed E-state index contributed by atoms with van der Waals surface area (Å²) >= 11 is 1.56. The molecule has 3 N–H and O–H groups in total. The lowest BCUT2D eigenvalue weighted by Gasteiger charge is -2.21. The Balaban J connectivity index is 2.13. The summed E-state index contributed by atoms with van der Waals surface area (Å²) in [6.07, 6.45) is 0. The number of benzene rings is 2. The predicted octanol–water partition coefficient (Wildman–Crippen LogP) is 3.38. The maximum Gasteiger partial charge on any atom is 0.321 e. The van der Waals surface area contributed by atoms with Gasteiger partial charge in [0.2, 0.25) is 0 Å². The number of aryl methyl sites for hydroxylation is 1. The molecule has 0 aliphatic carbocycles. The molecule has 0 spiro atoms. The third-order valence-corrected chi connectivity index (χ3v) is 4.71. The summed E-state index contributed by atoms with van der Waals surface area (Å²) in [5.41, 5.74) is 9.19. The zero-order chi connectivity index (χ0) is 15.2. The summed E-state index contributed by atoms with van der Waals surface area (Å²) < 4.78 is 0. The molecule has 0 aromatic heterocycles. The highest BCUT2D eigenvalue weighted by atomic mass is 32.2. The standard InChI is InChI=1S/C17H19NO2S/c1-12-7-9-13(10-8-12)11-21-16(15(18)17(19)20)14-5-3-2-4-6-14/h2-10,15-16H,11,18H2,1H3,(H,19,20)/t15-,16-/m0/s1. The number of thioether (sulfide) groups is 1. The summed E-state index contributed by atoms with van der Waals surface area (Å²) in [7, 11) is 0. The van der Waals surface area contributed by atoms with Crippen LogP contribution in [0.15, 0.2) is 54.6 Å². The maximum atomic E-state index is 11.2. The lowest BCUT2D eigenvalue weighted by atomic mass is 10.1. The summed E-state index contributed by atoms with van der Waals surface area (Å²) in [6.45, 7) is 2.05. The molecule has 0 bridgehead atoms. The Morgan fingerprint density at radius 3 is 2.33 bits per heavy atom. The van der Waals surface area contributed by atoms with E-state index in [9.17, 15) is 9.90 Å². The van der Waals surface area contributed by atoms with E-state index < -0.39 is 12.0 Å². The first-order valence-electron chi connectivity index (χ1n) is 6.78. The monoisotopic (exact) mass is 301 g/mol. The summed E-state index contributed by atoms with van der Waals surface area (Å²) in [4.78, 5) is 11.2. The van der Waals surface area contributed by atoms with Gasteiger partial charge < -0.3 is 10.8 Å². The van der Waals surface area contributed by atoms with Crippen molar-refractivity contribution in [3.8, 4) is 0 Å². The Morgan fingerprint density at radius 1 is 1.14 bits per heavy atom. The van der Waals surface area contributed by atoms with Gasteiger partial charge in [-0.1, -0.05) is 60.2 Å². The number of carbonyl (C=O) groups is 1. The van der Waals surface area contributed by atoms with E-state index in [0.29, 0.717) is 0 Å². The van der Waals surface area contributed by atoms with Crippen LogP contribution in [0.2, 0.25) is 0 Å². The van der Waals surface area contributed by atoms with Crippen LogP contribution in [0.5, 0.6) is 0 Å². The molecule has 110 valence electrons. The molecule has 0 amide bonds. The zero-order valence-electron chi connectivity index (χ0n) is 11.9. The number of carboxylic acids is 1. The van der Waals surface area contributed by atoms with E-state index in [1.807, 2.05) is 37.3 Å². The second-order valence-electron chi connectivity index (χ2n) is 4.99. The van der Waals surface area contributed by atoms with E-state index in [4.69, 9.17) is 5.73 Å². The fourth-order valence-electron chi connectivity index (χ4n) is 2.05. The summed E-state index contributed by atoms with van der Waals surface area (Å²) in [5.74, 6) is -0.235. The molecular weight excluding hydrogens is 282 g/mol. The topological polar surface area (TPSA) is 63.3 Å². The fraction of sp³-hybridized carbons (Fsp3) is 0.235. The van der Waals surface area contributed by atoms with Gasteiger partial charge >= 0.3 is 5.97 Å². The molecule has 0 saturated heterocycles. The molecule has 2 aromatic carbocycles. The molecule has 2 atom stereocenters. The van der Waals surface area contributed by atoms with E-state index in [0.717, 1.165) is 11.3 Å². The molecule has 0 fully saturated rings. The predicted molar refractivity (Wildman–Crippen MR) is 87.3 cm³/mol. The van der Waals surface area contributed by atoms with Gasteiger partial charge in [0, 0.05) is 5.75 Å². The molecule has 2 aromatic rings. The Bertz CT molecular complexity index is 583. The second-order valence-corrected chi connectivity index (χ2v) is 6.12. The molecule has 0 saturated carbocycles. The van der Waals surface area contributed by atoms with E-state index in [2.05, 4.69) is 24.3 Å². The Kier molecular flexibility index (Phi) is 5.42. The Hall–Kier alpha value is -1.78. The lowest BCUT2D eigenvalue weighted by Crippen LogP contribution is -2.35. The number of rotatable bonds is 6. The summed E-state index contributed by atoms with van der Waals surface area (Å²) in [5, 5.41) is 8.95. The van der Waals surface area contributed by atoms with Crippen LogP contribution in [0.4, 0.5) is 0 Å². The molecular formula is C17H19NO2S. The van der Waals surface area contributed by atoms with Crippen LogP contribution in [-0.4, -0.2) is 17.1 Å². The first kappa shape index (κ1) is 15.6. The van der Waals surface area contributed by atoms with Gasteiger partial charge in [0.05, 0.1) is 5.25 Å². The Morgan fingerprint density at radius 2 is 1.76 bits per heavy atom. The molecule has 3 nitrogen and oxygen atoms in total. The Labute approximate surface area is 129 Å². The van der Waals surface area contributed by atoms with Crippen LogP contribution in [0.1, 0.15) is 21.9 Å². The van der Waals surface area contributed by atoms with E-state index in [1.165, 1.54) is 11.1 Å². The van der Waals surface area contributed by atoms with Gasteiger partial charge in [-0.25, -0.2) is 0 Å². The smallest absolute Gasteiger partial charge is 0.321 e. The minimum Gasteiger partial charge on any atom is -0.480 e. The molecule has 4 heteroatoms. The molecule has 0 unspecified atom stereocenters. The SMILES string of the molecule is Cc1ccc(CS[C@@H](c2ccccc2)[C@H](N)C(=O)O)cc1. The highest BCUT2D eigenvalue weighted by molar-refractivity contribution is 7.98.